The third-order valence-corrected chi connectivity index (χ3v) is 10.4. The highest BCUT2D eigenvalue weighted by Crippen LogP contribution is 2.54. The minimum atomic E-state index is -0.732. The van der Waals surface area contributed by atoms with Gasteiger partial charge in [-0.1, -0.05) is 87.1 Å². The van der Waals surface area contributed by atoms with E-state index in [1.54, 1.807) is 12.1 Å². The van der Waals surface area contributed by atoms with E-state index in [4.69, 9.17) is 0 Å². The standard InChI is InChI=1S/C30H24BrN3O4S2/c1-16-10-12-20(13-11-16)34-27(36)24-23(18-7-5-8-19(31)14-18)26-29(39-25(24)28(34)37)33(30(38)40-26)15-22(35)32-21-9-4-3-6-17(21)2/h3-14,23-25H,15H2,1-2H3,(H,32,35)/t23-,24-,25+/m0/s1. The fourth-order valence-electron chi connectivity index (χ4n) is 5.31. The van der Waals surface area contributed by atoms with Gasteiger partial charge in [0.25, 0.3) is 0 Å². The molecule has 3 aromatic carbocycles. The van der Waals surface area contributed by atoms with Crippen molar-refractivity contribution in [3.05, 3.63) is 109 Å². The molecule has 0 spiro atoms. The summed E-state index contributed by atoms with van der Waals surface area (Å²) in [7, 11) is 0. The Bertz CT molecular complexity index is 1730. The van der Waals surface area contributed by atoms with Crippen molar-refractivity contribution in [1.82, 2.24) is 4.57 Å². The van der Waals surface area contributed by atoms with Crippen LogP contribution < -0.4 is 15.1 Å². The van der Waals surface area contributed by atoms with Crippen molar-refractivity contribution in [1.29, 1.82) is 0 Å². The van der Waals surface area contributed by atoms with Gasteiger partial charge in [0.2, 0.25) is 17.7 Å². The number of hydrogen-bond acceptors (Lipinski definition) is 6. The number of imide groups is 1. The van der Waals surface area contributed by atoms with E-state index in [9.17, 15) is 19.2 Å². The number of nitrogens with one attached hydrogen (secondary N) is 1. The molecule has 7 nitrogen and oxygen atoms in total. The van der Waals surface area contributed by atoms with Gasteiger partial charge in [-0.2, -0.15) is 0 Å². The van der Waals surface area contributed by atoms with Gasteiger partial charge in [0.15, 0.2) is 0 Å². The first-order valence-corrected chi connectivity index (χ1v) is 15.2. The summed E-state index contributed by atoms with van der Waals surface area (Å²) in [5, 5.41) is 2.72. The molecule has 0 unspecified atom stereocenters. The molecule has 1 fully saturated rings. The summed E-state index contributed by atoms with van der Waals surface area (Å²) < 4.78 is 2.27. The topological polar surface area (TPSA) is 88.5 Å². The van der Waals surface area contributed by atoms with Gasteiger partial charge >= 0.3 is 4.87 Å². The molecule has 0 bridgehead atoms. The predicted octanol–water partition coefficient (Wildman–Crippen LogP) is 5.72. The third-order valence-electron chi connectivity index (χ3n) is 7.27. The molecule has 0 aliphatic carbocycles. The zero-order valence-electron chi connectivity index (χ0n) is 21.6. The second-order valence-electron chi connectivity index (χ2n) is 9.93. The van der Waals surface area contributed by atoms with Crippen LogP contribution in [0.5, 0.6) is 0 Å². The molecule has 6 rings (SSSR count). The normalized spacial score (nSPS) is 19.9. The van der Waals surface area contributed by atoms with Crippen molar-refractivity contribution in [3.63, 3.8) is 0 Å². The Morgan fingerprint density at radius 1 is 0.950 bits per heavy atom. The molecule has 3 heterocycles. The fourth-order valence-corrected chi connectivity index (χ4v) is 8.50. The first-order chi connectivity index (χ1) is 19.2. The molecule has 0 saturated carbocycles. The Hall–Kier alpha value is -3.47. The fraction of sp³-hybridized carbons (Fsp3) is 0.200. The van der Waals surface area contributed by atoms with Gasteiger partial charge in [0.05, 0.1) is 16.6 Å². The van der Waals surface area contributed by atoms with E-state index in [0.717, 1.165) is 32.5 Å². The lowest BCUT2D eigenvalue weighted by Crippen LogP contribution is -2.33. The van der Waals surface area contributed by atoms with Crippen LogP contribution in [-0.2, 0) is 20.9 Å². The number of nitrogens with zero attached hydrogens (tertiary/aromatic N) is 2. The number of aromatic nitrogens is 1. The first kappa shape index (κ1) is 26.7. The van der Waals surface area contributed by atoms with Crippen molar-refractivity contribution < 1.29 is 14.4 Å². The van der Waals surface area contributed by atoms with Gasteiger partial charge in [0, 0.05) is 21.0 Å². The molecule has 2 aliphatic rings. The van der Waals surface area contributed by atoms with Crippen LogP contribution in [-0.4, -0.2) is 27.5 Å². The highest BCUT2D eigenvalue weighted by atomic mass is 79.9. The average molecular weight is 635 g/mol. The zero-order valence-corrected chi connectivity index (χ0v) is 24.8. The number of amides is 3. The van der Waals surface area contributed by atoms with E-state index < -0.39 is 17.1 Å². The second-order valence-corrected chi connectivity index (χ2v) is 13.0. The average Bonchev–Trinajstić information content (AvgIpc) is 3.36. The minimum Gasteiger partial charge on any atom is -0.324 e. The van der Waals surface area contributed by atoms with E-state index in [2.05, 4.69) is 21.2 Å². The molecule has 0 radical (unpaired) electrons. The van der Waals surface area contributed by atoms with Crippen molar-refractivity contribution in [2.75, 3.05) is 10.2 Å². The number of para-hydroxylation sites is 1. The monoisotopic (exact) mass is 633 g/mol. The van der Waals surface area contributed by atoms with Crippen molar-refractivity contribution in [2.45, 2.75) is 36.6 Å². The van der Waals surface area contributed by atoms with Crippen LogP contribution in [0.3, 0.4) is 0 Å². The maximum Gasteiger partial charge on any atom is 0.308 e. The van der Waals surface area contributed by atoms with Crippen LogP contribution in [0.15, 0.2) is 87.1 Å². The molecule has 1 aromatic heterocycles. The number of thiazole rings is 1. The summed E-state index contributed by atoms with van der Waals surface area (Å²) in [5.74, 6) is -2.14. The highest BCUT2D eigenvalue weighted by molar-refractivity contribution is 9.10. The van der Waals surface area contributed by atoms with Gasteiger partial charge in [-0.25, -0.2) is 4.90 Å². The number of fused-ring (bicyclic) bond motifs is 2. The number of hydrogen-bond donors (Lipinski definition) is 1. The number of anilines is 2. The first-order valence-electron chi connectivity index (χ1n) is 12.7. The summed E-state index contributed by atoms with van der Waals surface area (Å²) in [5.41, 5.74) is 3.97. The summed E-state index contributed by atoms with van der Waals surface area (Å²) in [6, 6.07) is 22.3. The maximum absolute atomic E-state index is 14.0. The molecule has 3 atom stereocenters. The van der Waals surface area contributed by atoms with E-state index in [-0.39, 0.29) is 29.1 Å². The lowest BCUT2D eigenvalue weighted by atomic mass is 9.83. The Labute approximate surface area is 247 Å². The molecule has 4 aromatic rings. The molecular weight excluding hydrogens is 610 g/mol. The highest BCUT2D eigenvalue weighted by Gasteiger charge is 2.56. The summed E-state index contributed by atoms with van der Waals surface area (Å²) in [6.45, 7) is 3.65. The quantitative estimate of drug-likeness (QED) is 0.284. The second kappa shape index (κ2) is 10.5. The van der Waals surface area contributed by atoms with Crippen LogP contribution >= 0.6 is 39.0 Å². The van der Waals surface area contributed by atoms with E-state index in [1.807, 2.05) is 74.5 Å². The van der Waals surface area contributed by atoms with Crippen LogP contribution in [0.2, 0.25) is 0 Å². The van der Waals surface area contributed by atoms with Crippen LogP contribution in [0, 0.1) is 19.8 Å². The summed E-state index contributed by atoms with van der Waals surface area (Å²) >= 11 is 5.78. The third kappa shape index (κ3) is 4.63. The molecule has 2 aliphatic heterocycles. The van der Waals surface area contributed by atoms with E-state index >= 15 is 0 Å². The number of thioether (sulfide) groups is 1. The summed E-state index contributed by atoms with van der Waals surface area (Å²) in [6.07, 6.45) is 0. The SMILES string of the molecule is Cc1ccc(N2C(=O)[C@H]3[C@H](c4cccc(Br)c4)c4sc(=O)n(CC(=O)Nc5ccccc5C)c4S[C@H]3C2=O)cc1. The summed E-state index contributed by atoms with van der Waals surface area (Å²) in [4.78, 5) is 55.8. The largest absolute Gasteiger partial charge is 0.324 e. The molecule has 40 heavy (non-hydrogen) atoms. The number of rotatable bonds is 5. The molecular formula is C30H24BrN3O4S2. The molecule has 1 N–H and O–H groups in total. The van der Waals surface area contributed by atoms with Gasteiger partial charge in [0.1, 0.15) is 11.8 Å². The smallest absolute Gasteiger partial charge is 0.308 e. The van der Waals surface area contributed by atoms with Crippen LogP contribution in [0.4, 0.5) is 11.4 Å². The predicted molar refractivity (Wildman–Crippen MR) is 161 cm³/mol. The zero-order chi connectivity index (χ0) is 28.1. The van der Waals surface area contributed by atoms with Crippen molar-refractivity contribution in [3.8, 4) is 0 Å². The van der Waals surface area contributed by atoms with E-state index in [0.29, 0.717) is 21.3 Å². The number of benzene rings is 3. The van der Waals surface area contributed by atoms with E-state index in [1.165, 1.54) is 21.2 Å². The number of carbonyl (C=O) groups is 3. The van der Waals surface area contributed by atoms with Crippen LogP contribution in [0.25, 0.3) is 0 Å². The maximum atomic E-state index is 14.0. The number of carbonyl (C=O) groups excluding carboxylic acids is 3. The lowest BCUT2D eigenvalue weighted by molar-refractivity contribution is -0.122. The Morgan fingerprint density at radius 3 is 2.42 bits per heavy atom. The van der Waals surface area contributed by atoms with Gasteiger partial charge < -0.3 is 5.32 Å². The Kier molecular flexibility index (Phi) is 7.02. The molecule has 10 heteroatoms. The van der Waals surface area contributed by atoms with Crippen LogP contribution in [0.1, 0.15) is 27.5 Å². The van der Waals surface area contributed by atoms with Gasteiger partial charge in [-0.3, -0.25) is 23.7 Å². The Balaban J connectivity index is 1.42. The van der Waals surface area contributed by atoms with Crippen molar-refractivity contribution in [2.24, 2.45) is 5.92 Å². The molecule has 1 saturated heterocycles. The lowest BCUT2D eigenvalue weighted by Gasteiger charge is -2.30. The van der Waals surface area contributed by atoms with Crippen molar-refractivity contribution >= 4 is 68.1 Å². The number of aryl methyl sites for hydroxylation is 2. The van der Waals surface area contributed by atoms with Gasteiger partial charge in [-0.15, -0.1) is 0 Å². The molecule has 3 amide bonds. The minimum absolute atomic E-state index is 0.196. The Morgan fingerprint density at radius 2 is 1.70 bits per heavy atom. The van der Waals surface area contributed by atoms with Gasteiger partial charge in [-0.05, 0) is 55.3 Å². The number of halogens is 1. The molecule has 202 valence electrons.